The number of carbonyl (C=O) groups excluding carboxylic acids is 2. The third kappa shape index (κ3) is 6.87. The summed E-state index contributed by atoms with van der Waals surface area (Å²) in [5.74, 6) is -0.762. The Hall–Kier alpha value is 0.183. The molecule has 3 nitrogen and oxygen atoms in total. The molecule has 0 N–H and O–H groups in total. The SMILES string of the molecule is CCCOCC(=O)C(=O)CC.[Zr]. The quantitative estimate of drug-likeness (QED) is 0.520. The number of ketones is 2. The standard InChI is InChI=1S/C8H14O3.Zr/c1-3-5-11-6-8(10)7(9)4-2;/h3-6H2,1-2H3;. The molecule has 0 fully saturated rings. The second-order valence-electron chi connectivity index (χ2n) is 2.25. The molecule has 0 rings (SSSR count). The fourth-order valence-corrected chi connectivity index (χ4v) is 0.587. The van der Waals surface area contributed by atoms with Crippen molar-refractivity contribution in [2.24, 2.45) is 0 Å². The van der Waals surface area contributed by atoms with Gasteiger partial charge in [0, 0.05) is 39.2 Å². The van der Waals surface area contributed by atoms with Gasteiger partial charge in [0.05, 0.1) is 0 Å². The van der Waals surface area contributed by atoms with Crippen LogP contribution in [-0.2, 0) is 40.5 Å². The maximum absolute atomic E-state index is 10.8. The van der Waals surface area contributed by atoms with Crippen molar-refractivity contribution in [1.82, 2.24) is 0 Å². The van der Waals surface area contributed by atoms with Crippen molar-refractivity contribution in [2.75, 3.05) is 13.2 Å². The summed E-state index contributed by atoms with van der Waals surface area (Å²) in [6, 6.07) is 0. The molecule has 12 heavy (non-hydrogen) atoms. The zero-order valence-corrected chi connectivity index (χ0v) is 10.0. The molecule has 0 saturated carbocycles. The van der Waals surface area contributed by atoms with Crippen LogP contribution in [0.5, 0.6) is 0 Å². The third-order valence-electron chi connectivity index (χ3n) is 1.21. The monoisotopic (exact) mass is 248 g/mol. The Balaban J connectivity index is 0. The van der Waals surface area contributed by atoms with Crippen LogP contribution in [-0.4, -0.2) is 24.8 Å². The van der Waals surface area contributed by atoms with Gasteiger partial charge < -0.3 is 4.74 Å². The van der Waals surface area contributed by atoms with Crippen molar-refractivity contribution in [3.8, 4) is 0 Å². The van der Waals surface area contributed by atoms with Crippen LogP contribution in [0.2, 0.25) is 0 Å². The first-order chi connectivity index (χ1) is 5.22. The zero-order valence-electron chi connectivity index (χ0n) is 7.55. The Labute approximate surface area is 92.0 Å². The summed E-state index contributed by atoms with van der Waals surface area (Å²) in [7, 11) is 0. The first kappa shape index (κ1) is 14.7. The van der Waals surface area contributed by atoms with Crippen molar-refractivity contribution < 1.29 is 40.5 Å². The maximum atomic E-state index is 10.8. The average Bonchev–Trinajstić information content (AvgIpc) is 2.03. The fourth-order valence-electron chi connectivity index (χ4n) is 0.587. The average molecular weight is 249 g/mol. The van der Waals surface area contributed by atoms with Gasteiger partial charge in [-0.1, -0.05) is 13.8 Å². The van der Waals surface area contributed by atoms with E-state index in [4.69, 9.17) is 4.74 Å². The molecular weight excluding hydrogens is 235 g/mol. The second kappa shape index (κ2) is 9.27. The second-order valence-corrected chi connectivity index (χ2v) is 2.25. The molecule has 0 heterocycles. The molecule has 68 valence electrons. The van der Waals surface area contributed by atoms with Crippen molar-refractivity contribution >= 4 is 11.6 Å². The minimum absolute atomic E-state index is 0. The van der Waals surface area contributed by atoms with E-state index < -0.39 is 5.78 Å². The van der Waals surface area contributed by atoms with Crippen LogP contribution in [0.4, 0.5) is 0 Å². The molecule has 0 aliphatic heterocycles. The molecule has 0 aliphatic carbocycles. The van der Waals surface area contributed by atoms with Crippen molar-refractivity contribution in [3.05, 3.63) is 0 Å². The Bertz CT molecular complexity index is 145. The van der Waals surface area contributed by atoms with E-state index in [0.29, 0.717) is 6.61 Å². The summed E-state index contributed by atoms with van der Waals surface area (Å²) in [5.41, 5.74) is 0. The number of hydrogen-bond donors (Lipinski definition) is 0. The van der Waals surface area contributed by atoms with Crippen LogP contribution in [0.3, 0.4) is 0 Å². The fraction of sp³-hybridized carbons (Fsp3) is 0.750. The summed E-state index contributed by atoms with van der Waals surface area (Å²) in [4.78, 5) is 21.5. The van der Waals surface area contributed by atoms with Crippen molar-refractivity contribution in [1.29, 1.82) is 0 Å². The van der Waals surface area contributed by atoms with Crippen LogP contribution < -0.4 is 0 Å². The van der Waals surface area contributed by atoms with Crippen LogP contribution in [0.15, 0.2) is 0 Å². The molecule has 4 heteroatoms. The molecule has 0 saturated heterocycles. The van der Waals surface area contributed by atoms with E-state index in [0.717, 1.165) is 6.42 Å². The number of ether oxygens (including phenoxy) is 1. The summed E-state index contributed by atoms with van der Waals surface area (Å²) in [6.07, 6.45) is 1.14. The zero-order chi connectivity index (χ0) is 8.69. The van der Waals surface area contributed by atoms with Crippen LogP contribution in [0.1, 0.15) is 26.7 Å². The predicted octanol–water partition coefficient (Wildman–Crippen LogP) is 0.959. The summed E-state index contributed by atoms with van der Waals surface area (Å²) < 4.78 is 4.90. The first-order valence-electron chi connectivity index (χ1n) is 3.86. The van der Waals surface area contributed by atoms with E-state index in [-0.39, 0.29) is 45.0 Å². The van der Waals surface area contributed by atoms with Crippen molar-refractivity contribution in [3.63, 3.8) is 0 Å². The molecule has 0 bridgehead atoms. The van der Waals surface area contributed by atoms with Gasteiger partial charge in [0.15, 0.2) is 0 Å². The Morgan fingerprint density at radius 1 is 1.17 bits per heavy atom. The molecule has 0 aromatic rings. The molecule has 0 amide bonds. The normalized spacial score (nSPS) is 8.83. The summed E-state index contributed by atoms with van der Waals surface area (Å²) in [5, 5.41) is 0. The molecule has 0 aromatic carbocycles. The number of rotatable bonds is 6. The van der Waals surface area contributed by atoms with Gasteiger partial charge in [-0.3, -0.25) is 9.59 Å². The molecule has 0 spiro atoms. The predicted molar refractivity (Wildman–Crippen MR) is 41.4 cm³/mol. The van der Waals surface area contributed by atoms with Crippen LogP contribution in [0, 0.1) is 0 Å². The van der Waals surface area contributed by atoms with Gasteiger partial charge in [0.1, 0.15) is 6.61 Å². The number of hydrogen-bond acceptors (Lipinski definition) is 3. The van der Waals surface area contributed by atoms with E-state index in [1.807, 2.05) is 6.92 Å². The van der Waals surface area contributed by atoms with E-state index in [1.54, 1.807) is 6.92 Å². The topological polar surface area (TPSA) is 43.4 Å². The summed E-state index contributed by atoms with van der Waals surface area (Å²) in [6.45, 7) is 4.11. The number of Topliss-reactive ketones (excluding diaryl/α,β-unsaturated/α-hetero) is 2. The van der Waals surface area contributed by atoms with E-state index >= 15 is 0 Å². The summed E-state index contributed by atoms with van der Waals surface area (Å²) >= 11 is 0. The Morgan fingerprint density at radius 3 is 2.17 bits per heavy atom. The van der Waals surface area contributed by atoms with Crippen LogP contribution in [0.25, 0.3) is 0 Å². The molecule has 0 aliphatic rings. The van der Waals surface area contributed by atoms with Gasteiger partial charge in [-0.05, 0) is 6.42 Å². The Morgan fingerprint density at radius 2 is 1.75 bits per heavy atom. The Kier molecular flexibility index (Phi) is 11.4. The minimum Gasteiger partial charge on any atom is -0.373 e. The maximum Gasteiger partial charge on any atom is 0.223 e. The first-order valence-corrected chi connectivity index (χ1v) is 3.86. The molecule has 0 unspecified atom stereocenters. The van der Waals surface area contributed by atoms with Gasteiger partial charge in [0.2, 0.25) is 11.6 Å². The van der Waals surface area contributed by atoms with Crippen LogP contribution >= 0.6 is 0 Å². The molecular formula is C8H14O3Zr. The van der Waals surface area contributed by atoms with E-state index in [1.165, 1.54) is 0 Å². The van der Waals surface area contributed by atoms with Crippen molar-refractivity contribution in [2.45, 2.75) is 26.7 Å². The van der Waals surface area contributed by atoms with Gasteiger partial charge in [-0.2, -0.15) is 0 Å². The number of carbonyl (C=O) groups is 2. The van der Waals surface area contributed by atoms with Gasteiger partial charge in [0.25, 0.3) is 0 Å². The van der Waals surface area contributed by atoms with Gasteiger partial charge in [-0.25, -0.2) is 0 Å². The smallest absolute Gasteiger partial charge is 0.223 e. The largest absolute Gasteiger partial charge is 0.373 e. The molecule has 0 atom stereocenters. The van der Waals surface area contributed by atoms with E-state index in [2.05, 4.69) is 0 Å². The minimum atomic E-state index is -0.416. The van der Waals surface area contributed by atoms with Gasteiger partial charge in [-0.15, -0.1) is 0 Å². The van der Waals surface area contributed by atoms with Gasteiger partial charge >= 0.3 is 0 Å². The molecule has 0 radical (unpaired) electrons. The molecule has 0 aromatic heterocycles. The van der Waals surface area contributed by atoms with E-state index in [9.17, 15) is 9.59 Å². The third-order valence-corrected chi connectivity index (χ3v) is 1.21.